The number of hydrogen-bond acceptors (Lipinski definition) is 5. The summed E-state index contributed by atoms with van der Waals surface area (Å²) in [6.45, 7) is 3.91. The highest BCUT2D eigenvalue weighted by atomic mass is 16.6. The molecular weight excluding hydrogens is 284 g/mol. The summed E-state index contributed by atoms with van der Waals surface area (Å²) >= 11 is 0. The Hall–Kier alpha value is -2.54. The number of aromatic nitrogens is 3. The van der Waals surface area contributed by atoms with Crippen LogP contribution in [0.4, 0.5) is 0 Å². The lowest BCUT2D eigenvalue weighted by molar-refractivity contribution is 0.0219. The fraction of sp³-hybridized carbons (Fsp3) is 0.333. The Kier molecular flexibility index (Phi) is 5.37. The van der Waals surface area contributed by atoms with Crippen LogP contribution < -0.4 is 11.0 Å². The lowest BCUT2D eigenvalue weighted by Crippen LogP contribution is -2.32. The summed E-state index contributed by atoms with van der Waals surface area (Å²) in [6.07, 6.45) is 2.81. The number of amides is 1. The first-order chi connectivity index (χ1) is 10.7. The minimum Gasteiger partial charge on any atom is -0.267 e. The molecule has 1 amide bonds. The molecule has 0 radical (unpaired) electrons. The van der Waals surface area contributed by atoms with Gasteiger partial charge in [-0.2, -0.15) is 5.10 Å². The molecule has 0 saturated heterocycles. The average molecular weight is 302 g/mol. The van der Waals surface area contributed by atoms with Crippen LogP contribution in [0.3, 0.4) is 0 Å². The second-order valence-corrected chi connectivity index (χ2v) is 4.60. The van der Waals surface area contributed by atoms with Crippen molar-refractivity contribution in [3.63, 3.8) is 0 Å². The van der Waals surface area contributed by atoms with E-state index in [1.807, 2.05) is 19.9 Å². The molecule has 2 aromatic heterocycles. The molecule has 7 nitrogen and oxygen atoms in total. The van der Waals surface area contributed by atoms with Gasteiger partial charge in [0.25, 0.3) is 11.5 Å². The van der Waals surface area contributed by atoms with Crippen LogP contribution in [0, 0.1) is 0 Å². The summed E-state index contributed by atoms with van der Waals surface area (Å²) in [7, 11) is 0. The smallest absolute Gasteiger partial charge is 0.267 e. The Bertz CT molecular complexity index is 698. The fourth-order valence-electron chi connectivity index (χ4n) is 2.15. The highest BCUT2D eigenvalue weighted by molar-refractivity contribution is 5.94. The lowest BCUT2D eigenvalue weighted by Gasteiger charge is -2.10. The normalized spacial score (nSPS) is 10.5. The molecule has 0 aromatic carbocycles. The minimum absolute atomic E-state index is 0.0513. The van der Waals surface area contributed by atoms with Crippen LogP contribution in [0.25, 0.3) is 0 Å². The van der Waals surface area contributed by atoms with Crippen LogP contribution in [-0.4, -0.2) is 21.1 Å². The van der Waals surface area contributed by atoms with Gasteiger partial charge in [-0.1, -0.05) is 19.9 Å². The lowest BCUT2D eigenvalue weighted by atomic mass is 10.0. The van der Waals surface area contributed by atoms with E-state index in [2.05, 4.69) is 20.7 Å². The number of H-pyrrole nitrogens is 1. The summed E-state index contributed by atoms with van der Waals surface area (Å²) in [5.74, 6) is -0.578. The van der Waals surface area contributed by atoms with Gasteiger partial charge in [-0.3, -0.25) is 19.4 Å². The second kappa shape index (κ2) is 7.46. The summed E-state index contributed by atoms with van der Waals surface area (Å²) in [5.41, 5.74) is 3.84. The average Bonchev–Trinajstić information content (AvgIpc) is 2.55. The first-order valence-corrected chi connectivity index (χ1v) is 7.09. The predicted octanol–water partition coefficient (Wildman–Crippen LogP) is 1.15. The summed E-state index contributed by atoms with van der Waals surface area (Å²) in [5, 5.41) is 6.32. The van der Waals surface area contributed by atoms with Gasteiger partial charge in [-0.25, -0.2) is 10.6 Å². The van der Waals surface area contributed by atoms with Crippen LogP contribution in [0.5, 0.6) is 0 Å². The third-order valence-corrected chi connectivity index (χ3v) is 3.20. The van der Waals surface area contributed by atoms with E-state index in [9.17, 15) is 9.59 Å². The zero-order valence-corrected chi connectivity index (χ0v) is 12.5. The number of aryl methyl sites for hydroxylation is 1. The molecule has 0 bridgehead atoms. The molecule has 2 heterocycles. The van der Waals surface area contributed by atoms with E-state index < -0.39 is 11.5 Å². The Labute approximate surface area is 127 Å². The van der Waals surface area contributed by atoms with Gasteiger partial charge in [-0.15, -0.1) is 0 Å². The number of aromatic amines is 1. The maximum Gasteiger partial charge on any atom is 0.280 e. The highest BCUT2D eigenvalue weighted by Gasteiger charge is 2.19. The van der Waals surface area contributed by atoms with Crippen molar-refractivity contribution in [3.8, 4) is 0 Å². The molecule has 0 aliphatic rings. The topological polar surface area (TPSA) is 97.0 Å². The van der Waals surface area contributed by atoms with Crippen molar-refractivity contribution in [2.45, 2.75) is 33.3 Å². The number of pyridine rings is 1. The second-order valence-electron chi connectivity index (χ2n) is 4.60. The van der Waals surface area contributed by atoms with Gasteiger partial charge >= 0.3 is 0 Å². The zero-order valence-electron chi connectivity index (χ0n) is 12.5. The van der Waals surface area contributed by atoms with Gasteiger partial charge in [0.15, 0.2) is 0 Å². The molecule has 2 N–H and O–H groups in total. The molecular formula is C15H18N4O3. The van der Waals surface area contributed by atoms with Crippen molar-refractivity contribution in [1.82, 2.24) is 20.7 Å². The number of nitrogens with zero attached hydrogens (tertiary/aromatic N) is 2. The van der Waals surface area contributed by atoms with Crippen LogP contribution in [-0.2, 0) is 24.3 Å². The number of hydroxylamine groups is 1. The van der Waals surface area contributed by atoms with Crippen LogP contribution in [0.15, 0.2) is 29.2 Å². The van der Waals surface area contributed by atoms with E-state index in [1.165, 1.54) is 0 Å². The molecule has 0 spiro atoms. The Morgan fingerprint density at radius 2 is 2.14 bits per heavy atom. The number of rotatable bonds is 6. The van der Waals surface area contributed by atoms with Crippen molar-refractivity contribution in [2.75, 3.05) is 0 Å². The van der Waals surface area contributed by atoms with Gasteiger partial charge in [0.05, 0.1) is 11.4 Å². The van der Waals surface area contributed by atoms with Gasteiger partial charge in [0, 0.05) is 6.20 Å². The highest BCUT2D eigenvalue weighted by Crippen LogP contribution is 2.10. The maximum atomic E-state index is 12.2. The monoisotopic (exact) mass is 302 g/mol. The summed E-state index contributed by atoms with van der Waals surface area (Å²) < 4.78 is 0. The van der Waals surface area contributed by atoms with E-state index in [1.54, 1.807) is 18.3 Å². The molecule has 22 heavy (non-hydrogen) atoms. The molecule has 0 unspecified atom stereocenters. The Morgan fingerprint density at radius 3 is 2.77 bits per heavy atom. The van der Waals surface area contributed by atoms with E-state index >= 15 is 0 Å². The summed E-state index contributed by atoms with van der Waals surface area (Å²) in [4.78, 5) is 33.3. The molecule has 116 valence electrons. The van der Waals surface area contributed by atoms with Crippen molar-refractivity contribution in [3.05, 3.63) is 57.3 Å². The molecule has 0 saturated carbocycles. The molecule has 2 rings (SSSR count). The third-order valence-electron chi connectivity index (χ3n) is 3.20. The molecule has 0 aliphatic carbocycles. The molecule has 0 aliphatic heterocycles. The van der Waals surface area contributed by atoms with E-state index in [0.29, 0.717) is 29.8 Å². The number of hydrogen-bond donors (Lipinski definition) is 2. The molecule has 7 heteroatoms. The molecule has 0 atom stereocenters. The van der Waals surface area contributed by atoms with Gasteiger partial charge in [0.2, 0.25) is 0 Å². The molecule has 0 fully saturated rings. The number of carbonyl (C=O) groups is 1. The minimum atomic E-state index is -0.578. The molecule has 2 aromatic rings. The van der Waals surface area contributed by atoms with Crippen LogP contribution in [0.2, 0.25) is 0 Å². The number of nitrogens with one attached hydrogen (secondary N) is 2. The standard InChI is InChI=1S/C15H18N4O3/c1-3-11-12(4-2)17-18-14(20)13(11)15(21)19-22-9-10-7-5-6-8-16-10/h5-8H,3-4,9H2,1-2H3,(H,18,20)(H,19,21). The first-order valence-electron chi connectivity index (χ1n) is 7.09. The zero-order chi connectivity index (χ0) is 15.9. The van der Waals surface area contributed by atoms with Crippen molar-refractivity contribution in [2.24, 2.45) is 0 Å². The van der Waals surface area contributed by atoms with Crippen LogP contribution >= 0.6 is 0 Å². The number of carbonyl (C=O) groups excluding carboxylic acids is 1. The Morgan fingerprint density at radius 1 is 1.32 bits per heavy atom. The van der Waals surface area contributed by atoms with Gasteiger partial charge < -0.3 is 0 Å². The van der Waals surface area contributed by atoms with E-state index in [4.69, 9.17) is 4.84 Å². The third kappa shape index (κ3) is 3.56. The Balaban J connectivity index is 2.11. The SMILES string of the molecule is CCc1n[nH]c(=O)c(C(=O)NOCc2ccccn2)c1CC. The summed E-state index contributed by atoms with van der Waals surface area (Å²) in [6, 6.07) is 5.39. The maximum absolute atomic E-state index is 12.2. The largest absolute Gasteiger partial charge is 0.280 e. The fourth-order valence-corrected chi connectivity index (χ4v) is 2.15. The quantitative estimate of drug-likeness (QED) is 0.780. The van der Waals surface area contributed by atoms with Gasteiger partial charge in [0.1, 0.15) is 12.2 Å². The van der Waals surface area contributed by atoms with Gasteiger partial charge in [-0.05, 0) is 30.5 Å². The van der Waals surface area contributed by atoms with Crippen molar-refractivity contribution in [1.29, 1.82) is 0 Å². The first kappa shape index (κ1) is 15.8. The van der Waals surface area contributed by atoms with E-state index in [0.717, 1.165) is 0 Å². The van der Waals surface area contributed by atoms with Crippen molar-refractivity contribution < 1.29 is 9.63 Å². The van der Waals surface area contributed by atoms with E-state index in [-0.39, 0.29) is 12.2 Å². The van der Waals surface area contributed by atoms with Crippen LogP contribution in [0.1, 0.15) is 41.2 Å². The van der Waals surface area contributed by atoms with Crippen molar-refractivity contribution >= 4 is 5.91 Å². The predicted molar refractivity (Wildman–Crippen MR) is 80.1 cm³/mol.